The van der Waals surface area contributed by atoms with Crippen LogP contribution in [0.4, 0.5) is 0 Å². The Hall–Kier alpha value is -2.28. The maximum absolute atomic E-state index is 12.9. The number of rotatable bonds is 7. The first kappa shape index (κ1) is 21.0. The number of amides is 2. The molecule has 30 heavy (non-hydrogen) atoms. The number of carbonyl (C=O) groups is 2. The second-order valence-corrected chi connectivity index (χ2v) is 8.71. The Kier molecular flexibility index (Phi) is 5.91. The Morgan fingerprint density at radius 1 is 1.33 bits per heavy atom. The number of carbonyl (C=O) groups excluding carboxylic acids is 2. The first-order valence-electron chi connectivity index (χ1n) is 11.2. The number of nitrogens with zero attached hydrogens (tertiary/aromatic N) is 1. The molecule has 2 amide bonds. The van der Waals surface area contributed by atoms with Crippen LogP contribution >= 0.6 is 0 Å². The topological polar surface area (TPSA) is 79.9 Å². The fourth-order valence-electron chi connectivity index (χ4n) is 5.45. The van der Waals surface area contributed by atoms with Gasteiger partial charge in [0.25, 0.3) is 5.91 Å². The van der Waals surface area contributed by atoms with Gasteiger partial charge in [0.2, 0.25) is 5.91 Å². The quantitative estimate of drug-likeness (QED) is 0.715. The fourth-order valence-corrected chi connectivity index (χ4v) is 5.45. The third-order valence-electron chi connectivity index (χ3n) is 7.23. The summed E-state index contributed by atoms with van der Waals surface area (Å²) in [6, 6.07) is 5.30. The van der Waals surface area contributed by atoms with Crippen LogP contribution in [0.3, 0.4) is 0 Å². The van der Waals surface area contributed by atoms with Gasteiger partial charge in [0, 0.05) is 37.4 Å². The number of hydrogen-bond acceptors (Lipinski definition) is 5. The molecule has 1 spiro atoms. The van der Waals surface area contributed by atoms with E-state index >= 15 is 0 Å². The van der Waals surface area contributed by atoms with E-state index < -0.39 is 5.72 Å². The highest BCUT2D eigenvalue weighted by atomic mass is 16.5. The smallest absolute Gasteiger partial charge is 0.258 e. The van der Waals surface area contributed by atoms with Crippen LogP contribution in [0.15, 0.2) is 18.2 Å². The zero-order valence-electron chi connectivity index (χ0n) is 18.2. The summed E-state index contributed by atoms with van der Waals surface area (Å²) < 4.78 is 11.7. The predicted octanol–water partition coefficient (Wildman–Crippen LogP) is 2.41. The van der Waals surface area contributed by atoms with Crippen LogP contribution in [0.2, 0.25) is 0 Å². The van der Waals surface area contributed by atoms with Crippen molar-refractivity contribution in [3.05, 3.63) is 23.8 Å². The highest BCUT2D eigenvalue weighted by Crippen LogP contribution is 2.52. The zero-order chi connectivity index (χ0) is 21.3. The van der Waals surface area contributed by atoms with Crippen LogP contribution in [0.25, 0.3) is 0 Å². The molecule has 7 nitrogen and oxygen atoms in total. The van der Waals surface area contributed by atoms with E-state index in [1.165, 1.54) is 0 Å². The molecule has 3 fully saturated rings. The number of likely N-dealkylation sites (N-methyl/N-ethyl adjacent to an activating group) is 1. The van der Waals surface area contributed by atoms with Gasteiger partial charge in [-0.15, -0.1) is 0 Å². The molecule has 1 aromatic rings. The molecule has 2 N–H and O–H groups in total. The molecule has 0 unspecified atom stereocenters. The zero-order valence-corrected chi connectivity index (χ0v) is 18.2. The molecule has 1 aliphatic heterocycles. The Morgan fingerprint density at radius 2 is 2.13 bits per heavy atom. The van der Waals surface area contributed by atoms with Gasteiger partial charge < -0.3 is 25.0 Å². The number of benzene rings is 1. The Bertz CT molecular complexity index is 810. The summed E-state index contributed by atoms with van der Waals surface area (Å²) in [5.74, 6) is 1.64. The molecular weight excluding hydrogens is 382 g/mol. The lowest BCUT2D eigenvalue weighted by molar-refractivity contribution is -0.146. The lowest BCUT2D eigenvalue weighted by Crippen LogP contribution is -2.67. The molecule has 7 heteroatoms. The minimum atomic E-state index is -0.711. The summed E-state index contributed by atoms with van der Waals surface area (Å²) in [6.45, 7) is 7.81. The average molecular weight is 416 g/mol. The number of fused-ring (bicyclic) bond motifs is 3. The van der Waals surface area contributed by atoms with E-state index in [2.05, 4.69) is 29.4 Å². The number of hydrogen-bond donors (Lipinski definition) is 2. The van der Waals surface area contributed by atoms with Gasteiger partial charge in [-0.2, -0.15) is 0 Å². The third-order valence-corrected chi connectivity index (χ3v) is 7.23. The number of nitrogens with one attached hydrogen (secondary N) is 2. The van der Waals surface area contributed by atoms with E-state index in [9.17, 15) is 9.59 Å². The highest BCUT2D eigenvalue weighted by molar-refractivity contribution is 5.98. The monoisotopic (exact) mass is 415 g/mol. The fraction of sp³-hybridized carbons (Fsp3) is 0.652. The lowest BCUT2D eigenvalue weighted by Gasteiger charge is -2.55. The Labute approximate surface area is 178 Å². The number of methoxy groups -OCH3 is 1. The molecule has 3 aliphatic carbocycles. The van der Waals surface area contributed by atoms with Gasteiger partial charge in [0.05, 0.1) is 12.7 Å². The minimum Gasteiger partial charge on any atom is -0.497 e. The van der Waals surface area contributed by atoms with Crippen LogP contribution in [-0.2, 0) is 4.79 Å². The SMILES string of the molecule is CCN(CC)CCNC(=O)[C@@H]1C[C@H]2CC[C@H]1C[C@@]21NC(=O)c2ccc(OC)cc2O1. The van der Waals surface area contributed by atoms with Gasteiger partial charge in [0.15, 0.2) is 5.72 Å². The summed E-state index contributed by atoms with van der Waals surface area (Å²) in [5, 5.41) is 6.29. The van der Waals surface area contributed by atoms with E-state index in [1.54, 1.807) is 25.3 Å². The van der Waals surface area contributed by atoms with Gasteiger partial charge in [-0.25, -0.2) is 0 Å². The first-order valence-corrected chi connectivity index (χ1v) is 11.2. The van der Waals surface area contributed by atoms with Crippen molar-refractivity contribution in [3.63, 3.8) is 0 Å². The summed E-state index contributed by atoms with van der Waals surface area (Å²) in [4.78, 5) is 28.0. The van der Waals surface area contributed by atoms with Gasteiger partial charge in [-0.3, -0.25) is 9.59 Å². The predicted molar refractivity (Wildman–Crippen MR) is 114 cm³/mol. The van der Waals surface area contributed by atoms with Crippen molar-refractivity contribution in [2.45, 2.75) is 45.3 Å². The van der Waals surface area contributed by atoms with E-state index in [0.29, 0.717) is 30.0 Å². The molecule has 1 aromatic carbocycles. The largest absolute Gasteiger partial charge is 0.497 e. The van der Waals surface area contributed by atoms with Crippen LogP contribution in [0.1, 0.15) is 49.9 Å². The minimum absolute atomic E-state index is 0.00159. The van der Waals surface area contributed by atoms with E-state index in [1.807, 2.05) is 0 Å². The van der Waals surface area contributed by atoms with Crippen molar-refractivity contribution >= 4 is 11.8 Å². The molecule has 1 heterocycles. The summed E-state index contributed by atoms with van der Waals surface area (Å²) in [7, 11) is 1.60. The van der Waals surface area contributed by atoms with Crippen LogP contribution in [0, 0.1) is 17.8 Å². The van der Waals surface area contributed by atoms with Crippen molar-refractivity contribution in [2.24, 2.45) is 17.8 Å². The van der Waals surface area contributed by atoms with Gasteiger partial charge in [0.1, 0.15) is 11.5 Å². The van der Waals surface area contributed by atoms with Gasteiger partial charge >= 0.3 is 0 Å². The van der Waals surface area contributed by atoms with Crippen molar-refractivity contribution in [3.8, 4) is 11.5 Å². The molecule has 164 valence electrons. The maximum atomic E-state index is 12.9. The highest BCUT2D eigenvalue weighted by Gasteiger charge is 2.57. The van der Waals surface area contributed by atoms with Crippen molar-refractivity contribution in [1.82, 2.24) is 15.5 Å². The summed E-state index contributed by atoms with van der Waals surface area (Å²) in [5.41, 5.74) is -0.175. The average Bonchev–Trinajstić information content (AvgIpc) is 2.76. The summed E-state index contributed by atoms with van der Waals surface area (Å²) >= 11 is 0. The molecule has 4 aliphatic rings. The standard InChI is InChI=1S/C23H33N3O4/c1-4-26(5-2)11-10-24-21(27)19-12-16-7-6-15(19)14-23(16)25-22(28)18-9-8-17(29-3)13-20(18)30-23/h8-9,13,15-16,19H,4-7,10-12,14H2,1-3H3,(H,24,27)(H,25,28)/t15-,16+,19+,23-/m0/s1. The van der Waals surface area contributed by atoms with Crippen LogP contribution in [-0.4, -0.2) is 55.7 Å². The molecule has 3 saturated carbocycles. The van der Waals surface area contributed by atoms with E-state index in [0.717, 1.165) is 38.9 Å². The molecule has 2 bridgehead atoms. The van der Waals surface area contributed by atoms with Crippen molar-refractivity contribution in [2.75, 3.05) is 33.3 Å². The molecule has 0 aromatic heterocycles. The Morgan fingerprint density at radius 3 is 2.80 bits per heavy atom. The van der Waals surface area contributed by atoms with Gasteiger partial charge in [-0.1, -0.05) is 13.8 Å². The molecular formula is C23H33N3O4. The lowest BCUT2D eigenvalue weighted by atomic mass is 9.60. The van der Waals surface area contributed by atoms with E-state index in [4.69, 9.17) is 9.47 Å². The summed E-state index contributed by atoms with van der Waals surface area (Å²) in [6.07, 6.45) is 3.40. The van der Waals surface area contributed by atoms with Crippen LogP contribution in [0.5, 0.6) is 11.5 Å². The van der Waals surface area contributed by atoms with Crippen molar-refractivity contribution in [1.29, 1.82) is 0 Å². The molecule has 0 saturated heterocycles. The van der Waals surface area contributed by atoms with Gasteiger partial charge in [-0.05, 0) is 50.4 Å². The normalized spacial score (nSPS) is 29.3. The van der Waals surface area contributed by atoms with Crippen molar-refractivity contribution < 1.29 is 19.1 Å². The maximum Gasteiger partial charge on any atom is 0.258 e. The number of ether oxygens (including phenoxy) is 2. The van der Waals surface area contributed by atoms with Crippen LogP contribution < -0.4 is 20.1 Å². The molecule has 5 rings (SSSR count). The second-order valence-electron chi connectivity index (χ2n) is 8.71. The first-order chi connectivity index (χ1) is 14.5. The molecule has 0 radical (unpaired) electrons. The van der Waals surface area contributed by atoms with E-state index in [-0.39, 0.29) is 29.6 Å². The Balaban J connectivity index is 1.44. The third kappa shape index (κ3) is 3.75. The second kappa shape index (κ2) is 8.46. The molecule has 4 atom stereocenters.